The normalized spacial score (nSPS) is 12.4. The molecule has 1 aromatic carbocycles. The summed E-state index contributed by atoms with van der Waals surface area (Å²) >= 11 is 3.44. The number of nitrogens with zero attached hydrogens (tertiary/aromatic N) is 1. The third-order valence-electron chi connectivity index (χ3n) is 3.10. The molecule has 0 saturated carbocycles. The van der Waals surface area contributed by atoms with Crippen molar-refractivity contribution in [1.82, 2.24) is 4.98 Å². The van der Waals surface area contributed by atoms with E-state index < -0.39 is 6.10 Å². The third kappa shape index (κ3) is 4.44. The van der Waals surface area contributed by atoms with Gasteiger partial charge in [0.2, 0.25) is 0 Å². The summed E-state index contributed by atoms with van der Waals surface area (Å²) in [6, 6.07) is 12.1. The number of hydrogen-bond acceptors (Lipinski definition) is 2. The Bertz CT molecular complexity index is 525. The molecule has 0 aliphatic heterocycles. The fourth-order valence-corrected chi connectivity index (χ4v) is 2.48. The van der Waals surface area contributed by atoms with E-state index >= 15 is 0 Å². The van der Waals surface area contributed by atoms with Crippen LogP contribution >= 0.6 is 15.9 Å². The van der Waals surface area contributed by atoms with Crippen LogP contribution in [0.1, 0.15) is 23.7 Å². The third-order valence-corrected chi connectivity index (χ3v) is 3.59. The van der Waals surface area contributed by atoms with Crippen LogP contribution in [0.25, 0.3) is 0 Å². The summed E-state index contributed by atoms with van der Waals surface area (Å²) in [5.74, 6) is 0. The van der Waals surface area contributed by atoms with E-state index in [9.17, 15) is 5.11 Å². The summed E-state index contributed by atoms with van der Waals surface area (Å²) < 4.78 is 1.04. The molecule has 3 heteroatoms. The summed E-state index contributed by atoms with van der Waals surface area (Å²) in [6.07, 6.45) is 3.73. The van der Waals surface area contributed by atoms with E-state index in [1.54, 1.807) is 0 Å². The smallest absolute Gasteiger partial charge is 0.0635 e. The van der Waals surface area contributed by atoms with E-state index in [1.165, 1.54) is 5.56 Å². The molecule has 19 heavy (non-hydrogen) atoms. The zero-order valence-electron chi connectivity index (χ0n) is 11.0. The minimum atomic E-state index is -0.394. The van der Waals surface area contributed by atoms with E-state index in [-0.39, 0.29) is 0 Å². The molecule has 0 saturated heterocycles. The van der Waals surface area contributed by atoms with Gasteiger partial charge in [0, 0.05) is 22.8 Å². The van der Waals surface area contributed by atoms with E-state index in [0.717, 1.165) is 22.2 Å². The van der Waals surface area contributed by atoms with Crippen molar-refractivity contribution < 1.29 is 5.11 Å². The van der Waals surface area contributed by atoms with Gasteiger partial charge in [0.25, 0.3) is 0 Å². The molecule has 0 radical (unpaired) electrons. The largest absolute Gasteiger partial charge is 0.392 e. The number of aliphatic hydroxyl groups excluding tert-OH is 1. The van der Waals surface area contributed by atoms with Gasteiger partial charge in [-0.3, -0.25) is 4.98 Å². The minimum Gasteiger partial charge on any atom is -0.392 e. The van der Waals surface area contributed by atoms with E-state index in [2.05, 4.69) is 33.9 Å². The molecule has 2 rings (SSSR count). The van der Waals surface area contributed by atoms with Crippen molar-refractivity contribution in [3.63, 3.8) is 0 Å². The average Bonchev–Trinajstić information content (AvgIpc) is 2.39. The van der Waals surface area contributed by atoms with Gasteiger partial charge in [0.05, 0.1) is 6.10 Å². The lowest BCUT2D eigenvalue weighted by Crippen LogP contribution is -2.14. The van der Waals surface area contributed by atoms with Crippen molar-refractivity contribution in [1.29, 1.82) is 0 Å². The molecule has 0 aliphatic carbocycles. The molecule has 0 amide bonds. The second-order valence-electron chi connectivity index (χ2n) is 4.70. The standard InChI is InChI=1S/C16H18BrNO/c1-2-12-6-7-15(18-11-12)10-16(19)9-13-4-3-5-14(17)8-13/h3-8,11,16,19H,2,9-10H2,1H3. The molecule has 2 aromatic rings. The summed E-state index contributed by atoms with van der Waals surface area (Å²) in [7, 11) is 0. The second kappa shape index (κ2) is 6.83. The van der Waals surface area contributed by atoms with Crippen molar-refractivity contribution in [2.45, 2.75) is 32.3 Å². The number of hydrogen-bond donors (Lipinski definition) is 1. The maximum atomic E-state index is 10.1. The van der Waals surface area contributed by atoms with Gasteiger partial charge < -0.3 is 5.11 Å². The molecule has 1 atom stereocenters. The van der Waals surface area contributed by atoms with Crippen LogP contribution in [0.15, 0.2) is 47.1 Å². The summed E-state index contributed by atoms with van der Waals surface area (Å²) in [5.41, 5.74) is 3.30. The van der Waals surface area contributed by atoms with Gasteiger partial charge in [-0.2, -0.15) is 0 Å². The van der Waals surface area contributed by atoms with Crippen molar-refractivity contribution >= 4 is 15.9 Å². The first-order valence-electron chi connectivity index (χ1n) is 6.53. The Morgan fingerprint density at radius 3 is 2.63 bits per heavy atom. The highest BCUT2D eigenvalue weighted by molar-refractivity contribution is 9.10. The van der Waals surface area contributed by atoms with Crippen LogP contribution < -0.4 is 0 Å². The van der Waals surface area contributed by atoms with Gasteiger partial charge in [-0.1, -0.05) is 41.1 Å². The first-order chi connectivity index (χ1) is 9.17. The quantitative estimate of drug-likeness (QED) is 0.914. The molecule has 1 aromatic heterocycles. The second-order valence-corrected chi connectivity index (χ2v) is 5.62. The lowest BCUT2D eigenvalue weighted by atomic mass is 10.0. The fourth-order valence-electron chi connectivity index (χ4n) is 2.03. The minimum absolute atomic E-state index is 0.394. The first-order valence-corrected chi connectivity index (χ1v) is 7.33. The van der Waals surface area contributed by atoms with E-state index in [4.69, 9.17) is 0 Å². The first kappa shape index (κ1) is 14.2. The Labute approximate surface area is 122 Å². The number of benzene rings is 1. The Morgan fingerprint density at radius 2 is 2.00 bits per heavy atom. The molecule has 0 bridgehead atoms. The van der Waals surface area contributed by atoms with E-state index in [0.29, 0.717) is 12.8 Å². The Morgan fingerprint density at radius 1 is 1.16 bits per heavy atom. The number of aryl methyl sites for hydroxylation is 1. The maximum Gasteiger partial charge on any atom is 0.0635 e. The molecule has 1 N–H and O–H groups in total. The Kier molecular flexibility index (Phi) is 5.11. The summed E-state index contributed by atoms with van der Waals surface area (Å²) in [5, 5.41) is 10.1. The van der Waals surface area contributed by atoms with Crippen LogP contribution in [0.2, 0.25) is 0 Å². The number of aromatic nitrogens is 1. The van der Waals surface area contributed by atoms with Crippen LogP contribution in [0.4, 0.5) is 0 Å². The zero-order chi connectivity index (χ0) is 13.7. The van der Waals surface area contributed by atoms with Gasteiger partial charge in [-0.25, -0.2) is 0 Å². The molecular weight excluding hydrogens is 302 g/mol. The van der Waals surface area contributed by atoms with Crippen LogP contribution in [0.3, 0.4) is 0 Å². The maximum absolute atomic E-state index is 10.1. The lowest BCUT2D eigenvalue weighted by molar-refractivity contribution is 0.174. The molecule has 1 unspecified atom stereocenters. The SMILES string of the molecule is CCc1ccc(CC(O)Cc2cccc(Br)c2)nc1. The molecule has 100 valence electrons. The fraction of sp³-hybridized carbons (Fsp3) is 0.312. The van der Waals surface area contributed by atoms with Crippen LogP contribution in [-0.4, -0.2) is 16.2 Å². The number of rotatable bonds is 5. The van der Waals surface area contributed by atoms with Gasteiger partial charge in [-0.15, -0.1) is 0 Å². The molecule has 2 nitrogen and oxygen atoms in total. The van der Waals surface area contributed by atoms with Crippen LogP contribution in [0, 0.1) is 0 Å². The molecular formula is C16H18BrNO. The molecule has 0 fully saturated rings. The summed E-state index contributed by atoms with van der Waals surface area (Å²) in [4.78, 5) is 4.38. The zero-order valence-corrected chi connectivity index (χ0v) is 12.6. The van der Waals surface area contributed by atoms with Crippen LogP contribution in [-0.2, 0) is 19.3 Å². The van der Waals surface area contributed by atoms with Crippen molar-refractivity contribution in [3.05, 3.63) is 63.9 Å². The number of halogens is 1. The highest BCUT2D eigenvalue weighted by Crippen LogP contribution is 2.14. The highest BCUT2D eigenvalue weighted by atomic mass is 79.9. The molecule has 0 aliphatic rings. The monoisotopic (exact) mass is 319 g/mol. The molecule has 1 heterocycles. The predicted molar refractivity (Wildman–Crippen MR) is 81.2 cm³/mol. The number of pyridine rings is 1. The molecule has 0 spiro atoms. The lowest BCUT2D eigenvalue weighted by Gasteiger charge is -2.10. The topological polar surface area (TPSA) is 33.1 Å². The Hall–Kier alpha value is -1.19. The highest BCUT2D eigenvalue weighted by Gasteiger charge is 2.08. The van der Waals surface area contributed by atoms with Crippen molar-refractivity contribution in [2.24, 2.45) is 0 Å². The van der Waals surface area contributed by atoms with Gasteiger partial charge in [0.15, 0.2) is 0 Å². The van der Waals surface area contributed by atoms with Gasteiger partial charge >= 0.3 is 0 Å². The Balaban J connectivity index is 1.95. The van der Waals surface area contributed by atoms with E-state index in [1.807, 2.05) is 36.5 Å². The predicted octanol–water partition coefficient (Wildman–Crippen LogP) is 3.55. The van der Waals surface area contributed by atoms with Crippen molar-refractivity contribution in [3.8, 4) is 0 Å². The van der Waals surface area contributed by atoms with Gasteiger partial charge in [0.1, 0.15) is 0 Å². The average molecular weight is 320 g/mol. The summed E-state index contributed by atoms with van der Waals surface area (Å²) in [6.45, 7) is 2.11. The van der Waals surface area contributed by atoms with Crippen LogP contribution in [0.5, 0.6) is 0 Å². The van der Waals surface area contributed by atoms with Crippen molar-refractivity contribution in [2.75, 3.05) is 0 Å². The number of aliphatic hydroxyl groups is 1. The van der Waals surface area contributed by atoms with Gasteiger partial charge in [-0.05, 0) is 42.2 Å².